The van der Waals surface area contributed by atoms with Crippen molar-refractivity contribution in [2.24, 2.45) is 23.1 Å². The number of primary amides is 2. The number of nitrogens with two attached hydrogens (primary N) is 3. The monoisotopic (exact) mass is 1940 g/mol. The summed E-state index contributed by atoms with van der Waals surface area (Å²) in [7, 11) is 3.71. The van der Waals surface area contributed by atoms with E-state index in [1.807, 2.05) is 0 Å². The molecule has 1 aromatic heterocycles. The van der Waals surface area contributed by atoms with Crippen LogP contribution in [0.1, 0.15) is 125 Å². The number of aromatic amines is 1. The number of thioether (sulfide) groups is 1. The minimum Gasteiger partial charge on any atom is -0.508 e. The number of piperidine rings is 1. The maximum atomic E-state index is 16.0. The first-order valence-corrected chi connectivity index (χ1v) is 47.4. The number of halogens is 3. The van der Waals surface area contributed by atoms with Crippen molar-refractivity contribution in [3.8, 4) is 11.5 Å². The largest absolute Gasteiger partial charge is 0.508 e. The molecule has 0 unspecified atom stereocenters. The predicted octanol–water partition coefficient (Wildman–Crippen LogP) is 1.65. The van der Waals surface area contributed by atoms with E-state index in [-0.39, 0.29) is 101 Å². The van der Waals surface area contributed by atoms with Gasteiger partial charge in [-0.25, -0.2) is 13.2 Å². The molecular formula is C98H123F3N18O19S. The molecule has 41 heteroatoms. The average Bonchev–Trinajstić information content (AvgIpc) is 1.58. The minimum absolute atomic E-state index is 0.00603. The van der Waals surface area contributed by atoms with E-state index in [9.17, 15) is 38.9 Å². The Hall–Kier alpha value is -14.0. The van der Waals surface area contributed by atoms with Gasteiger partial charge in [0.05, 0.1) is 24.8 Å². The van der Waals surface area contributed by atoms with E-state index in [1.165, 1.54) is 74.6 Å². The van der Waals surface area contributed by atoms with Crippen LogP contribution in [-0.2, 0) is 115 Å². The number of amides is 16. The number of H-pyrrole nitrogens is 1. The second kappa shape index (κ2) is 50.9. The zero-order chi connectivity index (χ0) is 101. The van der Waals surface area contributed by atoms with Gasteiger partial charge in [-0.2, -0.15) is 0 Å². The Labute approximate surface area is 806 Å². The van der Waals surface area contributed by atoms with Crippen LogP contribution in [0.3, 0.4) is 0 Å². The van der Waals surface area contributed by atoms with Crippen molar-refractivity contribution in [2.45, 2.75) is 215 Å². The van der Waals surface area contributed by atoms with E-state index in [0.29, 0.717) is 81.9 Å². The molecule has 7 aromatic rings. The first-order chi connectivity index (χ1) is 66.3. The van der Waals surface area contributed by atoms with Gasteiger partial charge in [0.2, 0.25) is 94.5 Å². The Morgan fingerprint density at radius 2 is 1.01 bits per heavy atom. The molecule has 0 aliphatic carbocycles. The highest BCUT2D eigenvalue weighted by molar-refractivity contribution is 8.00. The number of aliphatic hydroxyl groups excluding tert-OH is 1. The van der Waals surface area contributed by atoms with Crippen LogP contribution in [0, 0.1) is 23.4 Å². The topological polar surface area (TPSA) is 552 Å². The Kier molecular flexibility index (Phi) is 39.2. The number of fused-ring (bicyclic) bond motifs is 3. The van der Waals surface area contributed by atoms with Gasteiger partial charge in [-0.1, -0.05) is 137 Å². The molecule has 3 aliphatic heterocycles. The quantitative estimate of drug-likeness (QED) is 0.0286. The number of aromatic nitrogens is 1. The minimum atomic E-state index is -1.92. The summed E-state index contributed by atoms with van der Waals surface area (Å²) in [5, 5.41) is 56.9. The van der Waals surface area contributed by atoms with E-state index < -0.39 is 246 Å². The van der Waals surface area contributed by atoms with Gasteiger partial charge in [-0.15, -0.1) is 11.8 Å². The SMILES string of the molecule is CCCC[C@H]1C(=O)N2C[C@@H](O)C[C@@H]2C(=O)N[C@@H](CC(N)=O)C(=O)N[C@@H](C(C)C)C(=O)N(C)[C@@H](Cc2ccccc2)C(=O)N[C@@H](Cc2ccc(O)cc2)C(=O)N2CCCC[C@@H]2C(=O)N[C@@H](Cc2c[nH]c3ccccc23)C(=O)N[C@@H](Cc2ccc(O)cc2)C(=O)N[C@@H](CCCCN)C(=O)N[C@H](C(=O)NCC(N)=O)CSCC(=O)N[C@@H](Cc2cc(F)c(F)c(F)c2)C(=O)N(C)[C@@H](Cc2ccccc2)C(=O)N1C. The van der Waals surface area contributed by atoms with Crippen molar-refractivity contribution < 1.29 is 105 Å². The molecule has 14 atom stereocenters. The van der Waals surface area contributed by atoms with Gasteiger partial charge in [-0.3, -0.25) is 76.7 Å². The first kappa shape index (κ1) is 107. The third-order valence-electron chi connectivity index (χ3n) is 24.9. The van der Waals surface area contributed by atoms with Crippen molar-refractivity contribution >= 4 is 117 Å². The summed E-state index contributed by atoms with van der Waals surface area (Å²) in [5.41, 5.74) is 19.7. The maximum Gasteiger partial charge on any atom is 0.246 e. The van der Waals surface area contributed by atoms with Crippen molar-refractivity contribution in [2.75, 3.05) is 58.8 Å². The molecule has 0 radical (unpaired) electrons. The Morgan fingerprint density at radius 1 is 0.496 bits per heavy atom. The second-order valence-electron chi connectivity index (χ2n) is 35.6. The van der Waals surface area contributed by atoms with Crippen LogP contribution < -0.4 is 65.1 Å². The number of hydrogen-bond donors (Lipinski definition) is 16. The van der Waals surface area contributed by atoms with Crippen LogP contribution in [0.4, 0.5) is 13.2 Å². The number of hydrogen-bond acceptors (Lipinski definition) is 21. The number of unbranched alkanes of at least 4 members (excludes halogenated alkanes) is 2. The molecule has 4 heterocycles. The van der Waals surface area contributed by atoms with Crippen molar-refractivity contribution in [1.82, 2.24) is 77.3 Å². The number of nitrogens with zero attached hydrogens (tertiary/aromatic N) is 5. The number of benzene rings is 6. The highest BCUT2D eigenvalue weighted by Crippen LogP contribution is 2.29. The summed E-state index contributed by atoms with van der Waals surface area (Å²) in [5.74, 6) is -23.6. The van der Waals surface area contributed by atoms with Crippen molar-refractivity contribution in [3.05, 3.63) is 203 Å². The molecule has 10 rings (SSSR count). The number of phenols is 2. The molecule has 37 nitrogen and oxygen atoms in total. The van der Waals surface area contributed by atoms with E-state index in [4.69, 9.17) is 17.2 Å². The number of para-hydroxylation sites is 1. The lowest BCUT2D eigenvalue weighted by Gasteiger charge is -2.38. The molecule has 6 aromatic carbocycles. The molecule has 3 fully saturated rings. The lowest BCUT2D eigenvalue weighted by Crippen LogP contribution is -2.63. The van der Waals surface area contributed by atoms with Crippen LogP contribution in [0.15, 0.2) is 152 Å². The third kappa shape index (κ3) is 29.8. The summed E-state index contributed by atoms with van der Waals surface area (Å²) < 4.78 is 45.2. The molecule has 3 aliphatic rings. The lowest BCUT2D eigenvalue weighted by molar-refractivity contribution is -0.152. The van der Waals surface area contributed by atoms with Crippen molar-refractivity contribution in [1.29, 1.82) is 0 Å². The Balaban J connectivity index is 1.07. The van der Waals surface area contributed by atoms with Crippen LogP contribution in [0.2, 0.25) is 0 Å². The Morgan fingerprint density at radius 3 is 1.62 bits per heavy atom. The number of aromatic hydroxyl groups is 2. The highest BCUT2D eigenvalue weighted by atomic mass is 32.2. The van der Waals surface area contributed by atoms with Gasteiger partial charge in [0, 0.05) is 102 Å². The number of phenolic OH excluding ortho intramolecular Hbond substituents is 2. The number of carbonyl (C=O) groups is 16. The van der Waals surface area contributed by atoms with Crippen molar-refractivity contribution in [3.63, 3.8) is 0 Å². The number of likely N-dealkylation sites (N-methyl/N-ethyl adjacent to an activating group) is 3. The Bertz CT molecular complexity index is 5510. The van der Waals surface area contributed by atoms with Gasteiger partial charge in [0.25, 0.3) is 0 Å². The lowest BCUT2D eigenvalue weighted by atomic mass is 9.96. The molecule has 3 saturated heterocycles. The standard InChI is InChI=1S/C98H123F3N18O19S/c1-7-8-28-77-97(137)119-52-64(122)48-79(119)93(133)111-72(49-81(103)123)90(130)114-85(55(2)3)98(138)116(5)78(45-56-21-11-9-12-22-56)92(132)112-74(43-59-32-36-63(121)37-33-59)95(135)118-39-20-18-29-76(118)91(131)110-71(47-61-50-105-68-26-16-15-25-65(61)68)89(129)109-70(42-58-30-34-62(120)35-31-58)88(128)108-69(27-17-19-38-102)87(127)113-75(86(126)106-51-82(104)124)53-139-54-83(125)107-73(44-60-40-66(99)84(101)67(100)41-60)94(134)117(6)80(96(136)115(77)4)46-57-23-13-10-14-24-57/h9-16,21-26,30-37,40-41,50,55,64,69-80,85,105,120-122H,7-8,17-20,27-29,38-39,42-49,51-54,102H2,1-6H3,(H2,103,123)(H2,104,124)(H,106,126)(H,107,125)(H,108,128)(H,109,129)(H,110,131)(H,111,133)(H,112,132)(H,113,127)(H,114,130)/t64-,69-,70-,71-,72-,73-,74-,75-,76+,77-,78-,79+,80-,85-/m0/s1. The second-order valence-corrected chi connectivity index (χ2v) is 36.6. The fraction of sp³-hybridized carbons (Fsp3) is 0.449. The van der Waals surface area contributed by atoms with E-state index in [0.717, 1.165) is 19.6 Å². The van der Waals surface area contributed by atoms with E-state index >= 15 is 66.3 Å². The summed E-state index contributed by atoms with van der Waals surface area (Å²) in [4.78, 5) is 249. The molecule has 139 heavy (non-hydrogen) atoms. The van der Waals surface area contributed by atoms with Crippen LogP contribution >= 0.6 is 11.8 Å². The zero-order valence-electron chi connectivity index (χ0n) is 78.2. The van der Waals surface area contributed by atoms with Gasteiger partial charge >= 0.3 is 0 Å². The van der Waals surface area contributed by atoms with Gasteiger partial charge < -0.3 is 110 Å². The number of nitrogens with one attached hydrogen (secondary N) is 10. The maximum absolute atomic E-state index is 16.0. The number of carbonyl (C=O) groups excluding carboxylic acids is 16. The molecule has 0 spiro atoms. The molecule has 746 valence electrons. The van der Waals surface area contributed by atoms with E-state index in [1.54, 1.807) is 112 Å². The van der Waals surface area contributed by atoms with E-state index in [2.05, 4.69) is 52.8 Å². The molecular weight excluding hydrogens is 1820 g/mol. The fourth-order valence-corrected chi connectivity index (χ4v) is 18.1. The smallest absolute Gasteiger partial charge is 0.246 e. The first-order valence-electron chi connectivity index (χ1n) is 46.3. The predicted molar refractivity (Wildman–Crippen MR) is 507 cm³/mol. The number of aliphatic hydroxyl groups is 1. The van der Waals surface area contributed by atoms with Crippen LogP contribution in [0.5, 0.6) is 11.5 Å². The molecule has 16 amide bonds. The van der Waals surface area contributed by atoms with Crippen LogP contribution in [-0.4, -0.2) is 283 Å². The van der Waals surface area contributed by atoms with Gasteiger partial charge in [0.15, 0.2) is 17.5 Å². The third-order valence-corrected chi connectivity index (χ3v) is 26.0. The fourth-order valence-electron chi connectivity index (χ4n) is 17.3. The molecule has 19 N–H and O–H groups in total. The molecule has 0 bridgehead atoms. The summed E-state index contributed by atoms with van der Waals surface area (Å²) in [6, 6.07) is 14.7. The zero-order valence-corrected chi connectivity index (χ0v) is 79.1. The summed E-state index contributed by atoms with van der Waals surface area (Å²) in [6.07, 6.45) is -2.04. The molecule has 0 saturated carbocycles. The average molecular weight is 1950 g/mol. The van der Waals surface area contributed by atoms with Gasteiger partial charge in [-0.05, 0) is 133 Å². The summed E-state index contributed by atoms with van der Waals surface area (Å²) >= 11 is 0.659. The van der Waals surface area contributed by atoms with Gasteiger partial charge in [0.1, 0.15) is 90.0 Å². The van der Waals surface area contributed by atoms with Crippen LogP contribution in [0.25, 0.3) is 10.9 Å². The summed E-state index contributed by atoms with van der Waals surface area (Å²) in [6.45, 7) is 3.58. The normalized spacial score (nSPS) is 23.7. The highest BCUT2D eigenvalue weighted by Gasteiger charge is 2.48. The number of rotatable bonds is 25.